The van der Waals surface area contributed by atoms with E-state index in [0.717, 1.165) is 31.1 Å². The minimum atomic E-state index is -1.17. The maximum Gasteiger partial charge on any atom is 0.151 e. The van der Waals surface area contributed by atoms with Crippen molar-refractivity contribution in [2.45, 2.75) is 91.0 Å². The van der Waals surface area contributed by atoms with Crippen LogP contribution < -0.4 is 0 Å². The van der Waals surface area contributed by atoms with Crippen LogP contribution in [0.5, 0.6) is 0 Å². The highest BCUT2D eigenvalue weighted by molar-refractivity contribution is 5.20. The number of aliphatic hydroxyl groups excluding tert-OH is 2. The van der Waals surface area contributed by atoms with E-state index in [-0.39, 0.29) is 11.5 Å². The Labute approximate surface area is 165 Å². The Morgan fingerprint density at radius 3 is 2.56 bits per heavy atom. The van der Waals surface area contributed by atoms with Gasteiger partial charge < -0.3 is 15.3 Å². The Hall–Kier alpha value is -0.380. The molecule has 3 N–H and O–H groups in total. The van der Waals surface area contributed by atoms with Gasteiger partial charge in [0, 0.05) is 0 Å². The van der Waals surface area contributed by atoms with Gasteiger partial charge in [-0.1, -0.05) is 32.9 Å². The first-order valence-electron chi connectivity index (χ1n) is 11.5. The third-order valence-electron chi connectivity index (χ3n) is 9.71. The van der Waals surface area contributed by atoms with Crippen LogP contribution in [0.4, 0.5) is 0 Å². The number of rotatable bonds is 4. The van der Waals surface area contributed by atoms with Crippen LogP contribution in [-0.4, -0.2) is 27.7 Å². The smallest absolute Gasteiger partial charge is 0.151 e. The second-order valence-electron chi connectivity index (χ2n) is 10.9. The highest BCUT2D eigenvalue weighted by Crippen LogP contribution is 2.66. The van der Waals surface area contributed by atoms with Crippen molar-refractivity contribution >= 4 is 0 Å². The molecule has 9 unspecified atom stereocenters. The van der Waals surface area contributed by atoms with Crippen LogP contribution in [0.3, 0.4) is 0 Å². The molecule has 3 saturated carbocycles. The third kappa shape index (κ3) is 3.22. The minimum absolute atomic E-state index is 0.0731. The zero-order chi connectivity index (χ0) is 19.4. The van der Waals surface area contributed by atoms with Crippen LogP contribution >= 0.6 is 0 Å². The van der Waals surface area contributed by atoms with Gasteiger partial charge in [-0.05, 0) is 104 Å². The molecule has 3 heteroatoms. The Balaban J connectivity index is 1.56. The van der Waals surface area contributed by atoms with Gasteiger partial charge >= 0.3 is 0 Å². The molecule has 0 aromatic rings. The van der Waals surface area contributed by atoms with Crippen molar-refractivity contribution in [1.29, 1.82) is 0 Å². The molecule has 3 nitrogen and oxygen atoms in total. The second kappa shape index (κ2) is 7.15. The molecule has 0 aromatic heterocycles. The van der Waals surface area contributed by atoms with Crippen molar-refractivity contribution in [2.24, 2.45) is 46.3 Å². The molecule has 27 heavy (non-hydrogen) atoms. The van der Waals surface area contributed by atoms with Crippen molar-refractivity contribution in [1.82, 2.24) is 0 Å². The van der Waals surface area contributed by atoms with Gasteiger partial charge in [-0.2, -0.15) is 0 Å². The summed E-state index contributed by atoms with van der Waals surface area (Å²) in [4.78, 5) is 0. The lowest BCUT2D eigenvalue weighted by Crippen LogP contribution is -2.52. The van der Waals surface area contributed by atoms with Gasteiger partial charge in [-0.3, -0.25) is 0 Å². The van der Waals surface area contributed by atoms with E-state index < -0.39 is 6.29 Å². The van der Waals surface area contributed by atoms with Gasteiger partial charge in [0.1, 0.15) is 0 Å². The van der Waals surface area contributed by atoms with Crippen LogP contribution in [0.1, 0.15) is 78.6 Å². The molecule has 0 bridgehead atoms. The molecule has 4 rings (SSSR count). The Morgan fingerprint density at radius 1 is 1.04 bits per heavy atom. The van der Waals surface area contributed by atoms with Gasteiger partial charge in [0.25, 0.3) is 0 Å². The Morgan fingerprint density at radius 2 is 1.81 bits per heavy atom. The zero-order valence-electron chi connectivity index (χ0n) is 17.5. The number of hydrogen-bond donors (Lipinski definition) is 3. The van der Waals surface area contributed by atoms with E-state index >= 15 is 0 Å². The number of fused-ring (bicyclic) bond motifs is 5. The van der Waals surface area contributed by atoms with Crippen molar-refractivity contribution in [2.75, 3.05) is 0 Å². The summed E-state index contributed by atoms with van der Waals surface area (Å²) in [6.07, 6.45) is 13.8. The van der Waals surface area contributed by atoms with Gasteiger partial charge in [0.2, 0.25) is 0 Å². The largest absolute Gasteiger partial charge is 0.393 e. The molecule has 4 aliphatic carbocycles. The summed E-state index contributed by atoms with van der Waals surface area (Å²) in [6, 6.07) is 0. The first-order chi connectivity index (χ1) is 12.8. The fraction of sp³-hybridized carbons (Fsp3) is 0.917. The monoisotopic (exact) mass is 376 g/mol. The predicted molar refractivity (Wildman–Crippen MR) is 108 cm³/mol. The van der Waals surface area contributed by atoms with Gasteiger partial charge in [0.05, 0.1) is 6.10 Å². The summed E-state index contributed by atoms with van der Waals surface area (Å²) >= 11 is 0. The summed E-state index contributed by atoms with van der Waals surface area (Å²) < 4.78 is 0. The van der Waals surface area contributed by atoms with Crippen LogP contribution in [0.15, 0.2) is 12.2 Å². The molecular formula is C24H40O3. The molecule has 4 aliphatic rings. The molecule has 9 atom stereocenters. The van der Waals surface area contributed by atoms with E-state index in [0.29, 0.717) is 35.5 Å². The highest BCUT2D eigenvalue weighted by atomic mass is 16.5. The predicted octanol–water partition coefficient (Wildman–Crippen LogP) is 4.51. The molecule has 0 saturated heterocycles. The standard InChI is InChI=1S/C24H40O3/c1-15(4-9-22(26)27)19-7-8-20-18-6-5-16-14-17(25)10-12-23(16,2)21(18)11-13-24(19,20)3/h11,13,15-22,25-27H,4-10,12,14H2,1-3H3. The van der Waals surface area contributed by atoms with E-state index in [1.165, 1.54) is 32.1 Å². The molecule has 3 fully saturated rings. The van der Waals surface area contributed by atoms with E-state index in [9.17, 15) is 15.3 Å². The lowest BCUT2D eigenvalue weighted by molar-refractivity contribution is -0.0830. The topological polar surface area (TPSA) is 60.7 Å². The quantitative estimate of drug-likeness (QED) is 0.500. The minimum Gasteiger partial charge on any atom is -0.393 e. The summed E-state index contributed by atoms with van der Waals surface area (Å²) in [6.45, 7) is 7.33. The van der Waals surface area contributed by atoms with Crippen LogP contribution in [0.2, 0.25) is 0 Å². The molecule has 154 valence electrons. The van der Waals surface area contributed by atoms with Crippen LogP contribution in [0.25, 0.3) is 0 Å². The number of hydrogen-bond acceptors (Lipinski definition) is 3. The molecule has 0 spiro atoms. The summed E-state index contributed by atoms with van der Waals surface area (Å²) in [5.74, 6) is 4.17. The molecule has 0 aromatic carbocycles. The van der Waals surface area contributed by atoms with E-state index in [4.69, 9.17) is 0 Å². The molecule has 0 heterocycles. The molecule has 0 radical (unpaired) electrons. The third-order valence-corrected chi connectivity index (χ3v) is 9.71. The van der Waals surface area contributed by atoms with E-state index in [2.05, 4.69) is 32.9 Å². The van der Waals surface area contributed by atoms with Gasteiger partial charge in [0.15, 0.2) is 6.29 Å². The summed E-state index contributed by atoms with van der Waals surface area (Å²) in [7, 11) is 0. The molecule has 0 aliphatic heterocycles. The fourth-order valence-corrected chi connectivity index (χ4v) is 8.16. The van der Waals surface area contributed by atoms with Crippen LogP contribution in [0, 0.1) is 46.3 Å². The van der Waals surface area contributed by atoms with Crippen molar-refractivity contribution in [3.63, 3.8) is 0 Å². The lowest BCUT2D eigenvalue weighted by Gasteiger charge is -2.58. The number of allylic oxidation sites excluding steroid dienone is 2. The molecule has 0 amide bonds. The molecular weight excluding hydrogens is 336 g/mol. The summed E-state index contributed by atoms with van der Waals surface area (Å²) in [5.41, 5.74) is 0.656. The van der Waals surface area contributed by atoms with E-state index in [1.807, 2.05) is 0 Å². The first kappa shape index (κ1) is 19.9. The number of aliphatic hydroxyl groups is 3. The first-order valence-corrected chi connectivity index (χ1v) is 11.5. The van der Waals surface area contributed by atoms with Crippen LogP contribution in [-0.2, 0) is 0 Å². The second-order valence-corrected chi connectivity index (χ2v) is 10.9. The SMILES string of the molecule is CC(CCC(O)O)C1CCC2C3CCC4CC(O)CCC4(C)C3C=CC12C. The van der Waals surface area contributed by atoms with Crippen molar-refractivity contribution in [3.8, 4) is 0 Å². The maximum atomic E-state index is 10.2. The Bertz CT molecular complexity index is 572. The van der Waals surface area contributed by atoms with Gasteiger partial charge in [-0.25, -0.2) is 0 Å². The Kier molecular flexibility index (Phi) is 5.27. The van der Waals surface area contributed by atoms with Crippen molar-refractivity contribution in [3.05, 3.63) is 12.2 Å². The van der Waals surface area contributed by atoms with Crippen molar-refractivity contribution < 1.29 is 15.3 Å². The normalized spacial score (nSPS) is 50.2. The summed E-state index contributed by atoms with van der Waals surface area (Å²) in [5, 5.41) is 28.7. The zero-order valence-corrected chi connectivity index (χ0v) is 17.5. The van der Waals surface area contributed by atoms with E-state index in [1.54, 1.807) is 0 Å². The highest BCUT2D eigenvalue weighted by Gasteiger charge is 2.58. The maximum absolute atomic E-state index is 10.2. The lowest BCUT2D eigenvalue weighted by atomic mass is 9.46. The average molecular weight is 377 g/mol. The fourth-order valence-electron chi connectivity index (χ4n) is 8.16. The van der Waals surface area contributed by atoms with Gasteiger partial charge in [-0.15, -0.1) is 0 Å². The average Bonchev–Trinajstić information content (AvgIpc) is 2.97.